The standard InChI is InChI=1S/C16H19N3OS2/c1-2-4-17-13(3-1)9-20-14-7-16(22-10-14)11-19(12-16)8-15-18-5-6-21-15/h1-6,14H,7-12H2/t14-/m0/s1. The normalized spacial score (nSPS) is 23.7. The van der Waals surface area contributed by atoms with Crippen molar-refractivity contribution in [3.63, 3.8) is 0 Å². The van der Waals surface area contributed by atoms with Gasteiger partial charge in [-0.3, -0.25) is 9.88 Å². The van der Waals surface area contributed by atoms with Crippen LogP contribution in [0.3, 0.4) is 0 Å². The zero-order valence-electron chi connectivity index (χ0n) is 12.4. The van der Waals surface area contributed by atoms with Crippen LogP contribution in [0, 0.1) is 0 Å². The van der Waals surface area contributed by atoms with E-state index in [4.69, 9.17) is 4.74 Å². The van der Waals surface area contributed by atoms with E-state index in [-0.39, 0.29) is 0 Å². The van der Waals surface area contributed by atoms with Crippen LogP contribution in [-0.2, 0) is 17.9 Å². The Morgan fingerprint density at radius 3 is 3.00 bits per heavy atom. The van der Waals surface area contributed by atoms with Crippen LogP contribution in [-0.4, -0.2) is 44.6 Å². The quantitative estimate of drug-likeness (QED) is 0.841. The first-order valence-electron chi connectivity index (χ1n) is 7.58. The lowest BCUT2D eigenvalue weighted by Crippen LogP contribution is -2.58. The molecule has 2 aliphatic heterocycles. The first-order chi connectivity index (χ1) is 10.8. The number of pyridine rings is 1. The molecule has 1 atom stereocenters. The molecule has 22 heavy (non-hydrogen) atoms. The minimum Gasteiger partial charge on any atom is -0.371 e. The first kappa shape index (κ1) is 14.6. The maximum Gasteiger partial charge on any atom is 0.107 e. The Bertz CT molecular complexity index is 599. The van der Waals surface area contributed by atoms with Gasteiger partial charge in [-0.1, -0.05) is 6.07 Å². The Morgan fingerprint density at radius 2 is 2.23 bits per heavy atom. The lowest BCUT2D eigenvalue weighted by molar-refractivity contribution is 0.0251. The molecule has 0 N–H and O–H groups in total. The fourth-order valence-electron chi connectivity index (χ4n) is 3.22. The molecule has 2 aliphatic rings. The van der Waals surface area contributed by atoms with Crippen molar-refractivity contribution in [3.05, 3.63) is 46.7 Å². The molecule has 2 fully saturated rings. The summed E-state index contributed by atoms with van der Waals surface area (Å²) < 4.78 is 6.47. The summed E-state index contributed by atoms with van der Waals surface area (Å²) in [7, 11) is 0. The third-order valence-electron chi connectivity index (χ3n) is 4.23. The van der Waals surface area contributed by atoms with Crippen LogP contribution < -0.4 is 0 Å². The molecule has 2 aromatic heterocycles. The van der Waals surface area contributed by atoms with Gasteiger partial charge in [0.1, 0.15) is 5.01 Å². The number of hydrogen-bond acceptors (Lipinski definition) is 6. The third kappa shape index (κ3) is 3.20. The smallest absolute Gasteiger partial charge is 0.107 e. The zero-order valence-corrected chi connectivity index (χ0v) is 14.0. The van der Waals surface area contributed by atoms with E-state index >= 15 is 0 Å². The summed E-state index contributed by atoms with van der Waals surface area (Å²) in [6, 6.07) is 5.98. The first-order valence-corrected chi connectivity index (χ1v) is 9.44. The maximum absolute atomic E-state index is 6.05. The Hall–Kier alpha value is -0.950. The average Bonchev–Trinajstić information content (AvgIpc) is 3.16. The summed E-state index contributed by atoms with van der Waals surface area (Å²) in [5.74, 6) is 1.11. The Balaban J connectivity index is 1.23. The summed E-state index contributed by atoms with van der Waals surface area (Å²) in [4.78, 5) is 11.2. The van der Waals surface area contributed by atoms with E-state index in [1.165, 1.54) is 24.5 Å². The average molecular weight is 333 g/mol. The van der Waals surface area contributed by atoms with Gasteiger partial charge in [-0.05, 0) is 18.6 Å². The van der Waals surface area contributed by atoms with Gasteiger partial charge in [0.25, 0.3) is 0 Å². The van der Waals surface area contributed by atoms with E-state index in [0.29, 0.717) is 17.5 Å². The largest absolute Gasteiger partial charge is 0.371 e. The van der Waals surface area contributed by atoms with Crippen molar-refractivity contribution in [2.45, 2.75) is 30.4 Å². The topological polar surface area (TPSA) is 38.2 Å². The van der Waals surface area contributed by atoms with E-state index in [1.807, 2.05) is 30.6 Å². The molecule has 0 aromatic carbocycles. The predicted molar refractivity (Wildman–Crippen MR) is 90.0 cm³/mol. The van der Waals surface area contributed by atoms with Gasteiger partial charge in [0.15, 0.2) is 0 Å². The molecule has 0 unspecified atom stereocenters. The number of aromatic nitrogens is 2. The van der Waals surface area contributed by atoms with Crippen molar-refractivity contribution in [2.75, 3.05) is 18.8 Å². The molecule has 0 aliphatic carbocycles. The Morgan fingerprint density at radius 1 is 1.27 bits per heavy atom. The van der Waals surface area contributed by atoms with Gasteiger partial charge in [0, 0.05) is 41.4 Å². The number of thioether (sulfide) groups is 1. The van der Waals surface area contributed by atoms with E-state index < -0.39 is 0 Å². The van der Waals surface area contributed by atoms with Crippen LogP contribution in [0.5, 0.6) is 0 Å². The summed E-state index contributed by atoms with van der Waals surface area (Å²) in [5.41, 5.74) is 1.02. The highest BCUT2D eigenvalue weighted by Crippen LogP contribution is 2.46. The number of ether oxygens (including phenoxy) is 1. The van der Waals surface area contributed by atoms with Crippen molar-refractivity contribution < 1.29 is 4.74 Å². The van der Waals surface area contributed by atoms with Gasteiger partial charge >= 0.3 is 0 Å². The molecule has 0 radical (unpaired) electrons. The van der Waals surface area contributed by atoms with Crippen LogP contribution in [0.2, 0.25) is 0 Å². The van der Waals surface area contributed by atoms with Crippen LogP contribution in [0.15, 0.2) is 36.0 Å². The molecular weight excluding hydrogens is 314 g/mol. The minimum absolute atomic E-state index is 0.369. The highest BCUT2D eigenvalue weighted by atomic mass is 32.2. The van der Waals surface area contributed by atoms with E-state index in [0.717, 1.165) is 18.0 Å². The van der Waals surface area contributed by atoms with Crippen LogP contribution in [0.25, 0.3) is 0 Å². The number of rotatable bonds is 5. The van der Waals surface area contributed by atoms with E-state index in [2.05, 4.69) is 32.0 Å². The molecule has 116 valence electrons. The van der Waals surface area contributed by atoms with Crippen molar-refractivity contribution in [1.82, 2.24) is 14.9 Å². The van der Waals surface area contributed by atoms with Crippen molar-refractivity contribution >= 4 is 23.1 Å². The summed E-state index contributed by atoms with van der Waals surface area (Å²) in [6.07, 6.45) is 5.25. The molecule has 4 heterocycles. The van der Waals surface area contributed by atoms with Crippen LogP contribution in [0.1, 0.15) is 17.1 Å². The van der Waals surface area contributed by atoms with Crippen molar-refractivity contribution in [3.8, 4) is 0 Å². The molecule has 0 saturated carbocycles. The second-order valence-electron chi connectivity index (χ2n) is 6.02. The Kier molecular flexibility index (Phi) is 4.17. The Labute approximate surface area is 138 Å². The highest BCUT2D eigenvalue weighted by Gasteiger charge is 2.49. The van der Waals surface area contributed by atoms with Gasteiger partial charge in [0.2, 0.25) is 0 Å². The second-order valence-corrected chi connectivity index (χ2v) is 8.49. The maximum atomic E-state index is 6.05. The molecule has 4 rings (SSSR count). The molecular formula is C16H19N3OS2. The predicted octanol–water partition coefficient (Wildman–Crippen LogP) is 2.81. The van der Waals surface area contributed by atoms with Gasteiger partial charge in [-0.25, -0.2) is 4.98 Å². The number of nitrogens with zero attached hydrogens (tertiary/aromatic N) is 3. The summed E-state index contributed by atoms with van der Waals surface area (Å²) >= 11 is 3.83. The summed E-state index contributed by atoms with van der Waals surface area (Å²) in [6.45, 7) is 3.96. The number of likely N-dealkylation sites (tertiary alicyclic amines) is 1. The van der Waals surface area contributed by atoms with E-state index in [1.54, 1.807) is 11.3 Å². The van der Waals surface area contributed by atoms with E-state index in [9.17, 15) is 0 Å². The lowest BCUT2D eigenvalue weighted by Gasteiger charge is -2.47. The van der Waals surface area contributed by atoms with Crippen molar-refractivity contribution in [1.29, 1.82) is 0 Å². The fraction of sp³-hybridized carbons (Fsp3) is 0.500. The number of thiazole rings is 1. The molecule has 0 amide bonds. The SMILES string of the molecule is c1ccc(CO[C@@H]2CSC3(C2)CN(Cc2nccs2)C3)nc1. The van der Waals surface area contributed by atoms with Crippen LogP contribution in [0.4, 0.5) is 0 Å². The zero-order chi connectivity index (χ0) is 14.8. The van der Waals surface area contributed by atoms with Gasteiger partial charge in [-0.2, -0.15) is 0 Å². The molecule has 6 heteroatoms. The number of hydrogen-bond donors (Lipinski definition) is 0. The molecule has 2 aromatic rings. The van der Waals surface area contributed by atoms with Gasteiger partial charge in [0.05, 0.1) is 24.9 Å². The van der Waals surface area contributed by atoms with Crippen LogP contribution >= 0.6 is 23.1 Å². The molecule has 0 bridgehead atoms. The fourth-order valence-corrected chi connectivity index (χ4v) is 5.48. The third-order valence-corrected chi connectivity index (χ3v) is 6.57. The highest BCUT2D eigenvalue weighted by molar-refractivity contribution is 8.01. The monoisotopic (exact) mass is 333 g/mol. The second kappa shape index (κ2) is 6.28. The van der Waals surface area contributed by atoms with Gasteiger partial charge in [-0.15, -0.1) is 23.1 Å². The molecule has 2 saturated heterocycles. The summed E-state index contributed by atoms with van der Waals surface area (Å²) in [5, 5.41) is 3.28. The van der Waals surface area contributed by atoms with Crippen molar-refractivity contribution in [2.24, 2.45) is 0 Å². The lowest BCUT2D eigenvalue weighted by atomic mass is 9.93. The van der Waals surface area contributed by atoms with Gasteiger partial charge < -0.3 is 4.74 Å². The molecule has 4 nitrogen and oxygen atoms in total. The molecule has 1 spiro atoms. The minimum atomic E-state index is 0.369.